The number of para-hydroxylation sites is 4. The van der Waals surface area contributed by atoms with Crippen molar-refractivity contribution in [1.82, 2.24) is 0 Å². The van der Waals surface area contributed by atoms with E-state index >= 15 is 0 Å². The van der Waals surface area contributed by atoms with Gasteiger partial charge < -0.3 is 24.5 Å². The van der Waals surface area contributed by atoms with Crippen molar-refractivity contribution >= 4 is 79.0 Å². The van der Waals surface area contributed by atoms with E-state index in [0.717, 1.165) is 39.8 Å². The Bertz CT molecular complexity index is 5530. The van der Waals surface area contributed by atoms with Crippen LogP contribution >= 0.6 is 0 Å². The van der Waals surface area contributed by atoms with Crippen LogP contribution in [0.15, 0.2) is 364 Å². The quantitative estimate of drug-likeness (QED) is 0.114. The number of nitrogens with zero attached hydrogens (tertiary/aromatic N) is 5. The second-order valence-electron chi connectivity index (χ2n) is 29.5. The van der Waals surface area contributed by atoms with Crippen molar-refractivity contribution in [1.29, 1.82) is 0 Å². The second-order valence-corrected chi connectivity index (χ2v) is 29.5. The van der Waals surface area contributed by atoms with Crippen molar-refractivity contribution in [3.63, 3.8) is 0 Å². The van der Waals surface area contributed by atoms with Gasteiger partial charge in [-0.15, -0.1) is 0 Å². The summed E-state index contributed by atoms with van der Waals surface area (Å²) < 4.78 is 0. The Kier molecular flexibility index (Phi) is 17.7. The highest BCUT2D eigenvalue weighted by molar-refractivity contribution is 5.94. The minimum atomic E-state index is -0.00457. The van der Waals surface area contributed by atoms with E-state index in [1.165, 1.54) is 117 Å². The molecule has 0 radical (unpaired) electrons. The van der Waals surface area contributed by atoms with E-state index < -0.39 is 0 Å². The van der Waals surface area contributed by atoms with E-state index in [1.807, 2.05) is 0 Å². The molecule has 5 heteroatoms. The first kappa shape index (κ1) is 67.1. The molecule has 0 unspecified atom stereocenters. The van der Waals surface area contributed by atoms with Gasteiger partial charge in [0.25, 0.3) is 0 Å². The number of anilines is 12. The molecule has 0 spiro atoms. The molecular weight excluding hydrogens is 1270 g/mol. The highest BCUT2D eigenvalue weighted by atomic mass is 15.2. The molecule has 3 aliphatic carbocycles. The molecule has 105 heavy (non-hydrogen) atoms. The van der Waals surface area contributed by atoms with E-state index in [2.05, 4.69) is 451 Å². The van der Waals surface area contributed by atoms with E-state index in [4.69, 9.17) is 0 Å². The van der Waals surface area contributed by atoms with Crippen molar-refractivity contribution in [3.8, 4) is 44.5 Å². The normalized spacial score (nSPS) is 13.2. The van der Waals surface area contributed by atoms with Crippen LogP contribution in [0.1, 0.15) is 74.9 Å². The molecule has 0 fully saturated rings. The molecule has 15 aromatic rings. The standard InChI is InChI=1S/C40H34N2.C34H30N2.C26H23N/c1-40(2)38-17-11-10-16-36(38)37-27-26-35(28-39(37)40)41(3)31-22-18-29(19-23-31)30-20-24-34(25-21-30)42(32-12-6-4-7-13-32)33-14-8-5-9-15-33;1-34(2)32-17-11-10-16-30(32)31-23-22-29(24-33(31)34)35(3)25-18-20-28(21-19-25)36(26-12-6-4-7-13-26)27-14-8-5-9-15-27;1-26(2)22-12-7-6-11-21(22)25-23(26)13-8-14-24(25)27(3)20-16-15-18-9-4-5-10-19(18)17-20/h4-28H,1-3H3;4-24H,1-3H3;4-17H,1-3H3. The van der Waals surface area contributed by atoms with Gasteiger partial charge in [0, 0.05) is 111 Å². The first-order valence-electron chi connectivity index (χ1n) is 36.6. The molecule has 0 heterocycles. The molecular formula is C100H87N5. The Morgan fingerprint density at radius 2 is 0.486 bits per heavy atom. The summed E-state index contributed by atoms with van der Waals surface area (Å²) in [6.45, 7) is 14.0. The van der Waals surface area contributed by atoms with Gasteiger partial charge in [-0.05, 0) is 223 Å². The summed E-state index contributed by atoms with van der Waals surface area (Å²) in [5.41, 5.74) is 33.1. The predicted molar refractivity (Wildman–Crippen MR) is 448 cm³/mol. The van der Waals surface area contributed by atoms with Gasteiger partial charge >= 0.3 is 0 Å². The fourth-order valence-electron chi connectivity index (χ4n) is 16.3. The summed E-state index contributed by atoms with van der Waals surface area (Å²) in [6.07, 6.45) is 0. The average molecular weight is 1360 g/mol. The third-order valence-electron chi connectivity index (χ3n) is 22.2. The molecule has 0 aliphatic heterocycles. The Labute approximate surface area is 620 Å². The van der Waals surface area contributed by atoms with Crippen LogP contribution in [0.25, 0.3) is 55.3 Å². The largest absolute Gasteiger partial charge is 0.345 e. The molecule has 0 saturated heterocycles. The average Bonchev–Trinajstić information content (AvgIpc) is 1.60. The second kappa shape index (κ2) is 27.7. The summed E-state index contributed by atoms with van der Waals surface area (Å²) in [6, 6.07) is 131. The van der Waals surface area contributed by atoms with Gasteiger partial charge in [0.2, 0.25) is 0 Å². The van der Waals surface area contributed by atoms with Gasteiger partial charge in [-0.2, -0.15) is 0 Å². The van der Waals surface area contributed by atoms with E-state index in [-0.39, 0.29) is 16.2 Å². The number of fused-ring (bicyclic) bond motifs is 10. The number of hydrogen-bond acceptors (Lipinski definition) is 5. The van der Waals surface area contributed by atoms with Gasteiger partial charge in [0.15, 0.2) is 0 Å². The molecule has 18 rings (SSSR count). The van der Waals surface area contributed by atoms with Gasteiger partial charge in [0.05, 0.1) is 0 Å². The van der Waals surface area contributed by atoms with Gasteiger partial charge in [-0.25, -0.2) is 0 Å². The van der Waals surface area contributed by atoms with Crippen LogP contribution in [0.5, 0.6) is 0 Å². The molecule has 0 bridgehead atoms. The molecule has 0 N–H and O–H groups in total. The molecule has 0 atom stereocenters. The lowest BCUT2D eigenvalue weighted by Crippen LogP contribution is -2.16. The molecule has 0 saturated carbocycles. The number of rotatable bonds is 13. The molecule has 512 valence electrons. The molecule has 0 amide bonds. The van der Waals surface area contributed by atoms with E-state index in [0.29, 0.717) is 0 Å². The maximum Gasteiger partial charge on any atom is 0.0491 e. The van der Waals surface area contributed by atoms with Crippen molar-refractivity contribution in [2.75, 3.05) is 45.6 Å². The monoisotopic (exact) mass is 1360 g/mol. The SMILES string of the molecule is CN(c1ccc(-c2ccc(N(c3ccccc3)c3ccccc3)cc2)cc1)c1ccc2c(c1)C(C)(C)c1ccccc1-2.CN(c1ccc(N(c2ccccc2)c2ccccc2)cc1)c1ccc2c(c1)C(C)(C)c1ccccc1-2.CN(c1ccc2ccccc2c1)c1cccc2c1-c1ccccc1C2(C)C. The van der Waals surface area contributed by atoms with Crippen molar-refractivity contribution < 1.29 is 0 Å². The smallest absolute Gasteiger partial charge is 0.0491 e. The Balaban J connectivity index is 0.000000124. The maximum absolute atomic E-state index is 2.37. The van der Waals surface area contributed by atoms with Gasteiger partial charge in [-0.1, -0.05) is 266 Å². The van der Waals surface area contributed by atoms with Crippen molar-refractivity contribution in [2.24, 2.45) is 0 Å². The predicted octanol–water partition coefficient (Wildman–Crippen LogP) is 27.0. The fraction of sp³-hybridized carbons (Fsp3) is 0.120. The maximum atomic E-state index is 2.37. The zero-order valence-corrected chi connectivity index (χ0v) is 61.4. The first-order chi connectivity index (χ1) is 51.1. The third kappa shape index (κ3) is 12.5. The zero-order valence-electron chi connectivity index (χ0n) is 61.4. The summed E-state index contributed by atoms with van der Waals surface area (Å²) in [4.78, 5) is 11.5. The van der Waals surface area contributed by atoms with Crippen molar-refractivity contribution in [3.05, 3.63) is 397 Å². The van der Waals surface area contributed by atoms with Crippen LogP contribution in [0.3, 0.4) is 0 Å². The first-order valence-corrected chi connectivity index (χ1v) is 36.6. The summed E-state index contributed by atoms with van der Waals surface area (Å²) >= 11 is 0. The Hall–Kier alpha value is -12.4. The molecule has 0 aromatic heterocycles. The van der Waals surface area contributed by atoms with E-state index in [9.17, 15) is 0 Å². The van der Waals surface area contributed by atoms with Gasteiger partial charge in [-0.3, -0.25) is 0 Å². The molecule has 5 nitrogen and oxygen atoms in total. The zero-order chi connectivity index (χ0) is 72.0. The summed E-state index contributed by atoms with van der Waals surface area (Å²) in [5, 5.41) is 2.55. The lowest BCUT2D eigenvalue weighted by Gasteiger charge is -2.27. The van der Waals surface area contributed by atoms with Crippen LogP contribution in [0.4, 0.5) is 68.2 Å². The highest BCUT2D eigenvalue weighted by Gasteiger charge is 2.39. The summed E-state index contributed by atoms with van der Waals surface area (Å²) in [5.74, 6) is 0. The van der Waals surface area contributed by atoms with Crippen LogP contribution < -0.4 is 24.5 Å². The molecule has 15 aromatic carbocycles. The van der Waals surface area contributed by atoms with Crippen molar-refractivity contribution in [2.45, 2.75) is 57.8 Å². The number of hydrogen-bond donors (Lipinski definition) is 0. The lowest BCUT2D eigenvalue weighted by atomic mass is 9.82. The van der Waals surface area contributed by atoms with Crippen LogP contribution in [0.2, 0.25) is 0 Å². The van der Waals surface area contributed by atoms with Crippen LogP contribution in [0, 0.1) is 0 Å². The minimum absolute atomic E-state index is 0.00149. The summed E-state index contributed by atoms with van der Waals surface area (Å²) in [7, 11) is 6.48. The lowest BCUT2D eigenvalue weighted by molar-refractivity contribution is 0.660. The number of benzene rings is 15. The van der Waals surface area contributed by atoms with Crippen LogP contribution in [-0.4, -0.2) is 21.1 Å². The Morgan fingerprint density at radius 1 is 0.190 bits per heavy atom. The topological polar surface area (TPSA) is 16.2 Å². The third-order valence-corrected chi connectivity index (χ3v) is 22.2. The van der Waals surface area contributed by atoms with Crippen LogP contribution in [-0.2, 0) is 16.2 Å². The minimum Gasteiger partial charge on any atom is -0.345 e. The highest BCUT2D eigenvalue weighted by Crippen LogP contribution is 2.55. The molecule has 3 aliphatic rings. The van der Waals surface area contributed by atoms with E-state index in [1.54, 1.807) is 0 Å². The fourth-order valence-corrected chi connectivity index (χ4v) is 16.3. The Morgan fingerprint density at radius 3 is 0.933 bits per heavy atom. The van der Waals surface area contributed by atoms with Gasteiger partial charge in [0.1, 0.15) is 0 Å².